The fraction of sp³-hybridized carbons (Fsp3) is 0.931. The molecule has 0 aromatic carbocycles. The van der Waals surface area contributed by atoms with Crippen LogP contribution >= 0.6 is 0 Å². The minimum Gasteiger partial charge on any atom is -0.466 e. The number of carbonyl (C=O) groups is 2. The van der Waals surface area contributed by atoms with Crippen LogP contribution in [0.4, 0.5) is 0 Å². The second kappa shape index (κ2) is 54.2. The lowest BCUT2D eigenvalue weighted by atomic mass is 10.0. The topological polar surface area (TPSA) is 95.9 Å². The van der Waals surface area contributed by atoms with E-state index in [1.54, 1.807) is 6.08 Å². The molecule has 0 saturated heterocycles. The van der Waals surface area contributed by atoms with E-state index in [4.69, 9.17) is 4.74 Å². The van der Waals surface area contributed by atoms with Gasteiger partial charge in [0.2, 0.25) is 5.91 Å². The molecule has 6 heteroatoms. The number of esters is 1. The summed E-state index contributed by atoms with van der Waals surface area (Å²) in [7, 11) is 0. The number of hydrogen-bond donors (Lipinski definition) is 3. The average Bonchev–Trinajstić information content (AvgIpc) is 3.29. The zero-order chi connectivity index (χ0) is 46.5. The van der Waals surface area contributed by atoms with Crippen molar-refractivity contribution < 1.29 is 24.5 Å². The summed E-state index contributed by atoms with van der Waals surface area (Å²) in [6.45, 7) is 4.89. The van der Waals surface area contributed by atoms with Gasteiger partial charge >= 0.3 is 5.97 Å². The van der Waals surface area contributed by atoms with E-state index >= 15 is 0 Å². The summed E-state index contributed by atoms with van der Waals surface area (Å²) in [5.74, 6) is -0.0835. The molecular weight excluding hydrogens is 791 g/mol. The van der Waals surface area contributed by atoms with E-state index in [1.807, 2.05) is 6.08 Å². The number of ether oxygens (including phenoxy) is 1. The molecule has 0 heterocycles. The summed E-state index contributed by atoms with van der Waals surface area (Å²) < 4.78 is 5.45. The fourth-order valence-corrected chi connectivity index (χ4v) is 9.11. The Labute approximate surface area is 399 Å². The highest BCUT2D eigenvalue weighted by Gasteiger charge is 2.18. The van der Waals surface area contributed by atoms with Crippen molar-refractivity contribution in [1.82, 2.24) is 5.32 Å². The van der Waals surface area contributed by atoms with E-state index in [1.165, 1.54) is 238 Å². The Bertz CT molecular complexity index is 955. The van der Waals surface area contributed by atoms with Gasteiger partial charge in [-0.25, -0.2) is 0 Å². The normalized spacial score (nSPS) is 12.6. The van der Waals surface area contributed by atoms with Gasteiger partial charge in [0, 0.05) is 12.8 Å². The van der Waals surface area contributed by atoms with Crippen LogP contribution in [0.2, 0.25) is 0 Å². The highest BCUT2D eigenvalue weighted by molar-refractivity contribution is 5.76. The third-order valence-electron chi connectivity index (χ3n) is 13.6. The molecule has 3 N–H and O–H groups in total. The zero-order valence-electron chi connectivity index (χ0n) is 43.3. The molecule has 1 amide bonds. The molecule has 0 radical (unpaired) electrons. The van der Waals surface area contributed by atoms with Crippen molar-refractivity contribution in [2.45, 2.75) is 334 Å². The van der Waals surface area contributed by atoms with Gasteiger partial charge in [0.25, 0.3) is 0 Å². The first-order valence-corrected chi connectivity index (χ1v) is 29.0. The number of aliphatic hydroxyl groups is 2. The molecule has 0 aromatic heterocycles. The predicted molar refractivity (Wildman–Crippen MR) is 278 cm³/mol. The second-order valence-corrected chi connectivity index (χ2v) is 20.0. The maximum absolute atomic E-state index is 12.5. The lowest BCUT2D eigenvalue weighted by Gasteiger charge is -2.20. The Morgan fingerprint density at radius 1 is 0.422 bits per heavy atom. The molecule has 0 spiro atoms. The van der Waals surface area contributed by atoms with Gasteiger partial charge < -0.3 is 20.3 Å². The molecule has 0 aliphatic heterocycles. The Morgan fingerprint density at radius 2 is 0.719 bits per heavy atom. The highest BCUT2D eigenvalue weighted by atomic mass is 16.5. The molecule has 0 fully saturated rings. The molecule has 6 nitrogen and oxygen atoms in total. The van der Waals surface area contributed by atoms with E-state index in [-0.39, 0.29) is 18.5 Å². The summed E-state index contributed by atoms with van der Waals surface area (Å²) in [5.41, 5.74) is 0. The summed E-state index contributed by atoms with van der Waals surface area (Å²) >= 11 is 0. The number of rotatable bonds is 54. The minimum atomic E-state index is -0.853. The summed E-state index contributed by atoms with van der Waals surface area (Å²) in [5, 5.41) is 23.2. The van der Waals surface area contributed by atoms with E-state index < -0.39 is 12.1 Å². The van der Waals surface area contributed by atoms with Crippen molar-refractivity contribution in [2.75, 3.05) is 13.2 Å². The number of unbranched alkanes of at least 4 members (excludes halogenated alkanes) is 43. The van der Waals surface area contributed by atoms with E-state index in [0.29, 0.717) is 19.4 Å². The number of allylic oxidation sites excluding steroid dienone is 1. The first kappa shape index (κ1) is 62.6. The Balaban J connectivity index is 3.48. The quantitative estimate of drug-likeness (QED) is 0.0321. The van der Waals surface area contributed by atoms with E-state index in [0.717, 1.165) is 57.8 Å². The van der Waals surface area contributed by atoms with Gasteiger partial charge in [0.15, 0.2) is 0 Å². The number of nitrogens with one attached hydrogen (secondary N) is 1. The zero-order valence-corrected chi connectivity index (χ0v) is 43.3. The molecule has 0 aliphatic carbocycles. The van der Waals surface area contributed by atoms with Crippen LogP contribution in [-0.4, -0.2) is 47.4 Å². The standard InChI is InChI=1S/C58H113NO5/c1-3-5-7-9-11-13-15-16-17-18-19-20-21-22-23-24-25-27-31-34-38-42-46-50-56(61)55(54-60)59-57(62)51-47-43-39-35-32-28-26-29-33-37-41-45-49-53-64-58(63)52-48-44-40-36-30-14-12-10-8-6-4-2/h46,50,55-56,60-61H,3-45,47-49,51-54H2,1-2H3,(H,59,62)/b50-46+. The van der Waals surface area contributed by atoms with Crippen LogP contribution in [0.25, 0.3) is 0 Å². The van der Waals surface area contributed by atoms with Crippen molar-refractivity contribution in [3.05, 3.63) is 12.2 Å². The van der Waals surface area contributed by atoms with Crippen molar-refractivity contribution >= 4 is 11.9 Å². The lowest BCUT2D eigenvalue weighted by Crippen LogP contribution is -2.45. The monoisotopic (exact) mass is 904 g/mol. The summed E-state index contributed by atoms with van der Waals surface area (Å²) in [6, 6.07) is -0.637. The van der Waals surface area contributed by atoms with Crippen molar-refractivity contribution in [3.63, 3.8) is 0 Å². The van der Waals surface area contributed by atoms with Crippen LogP contribution in [-0.2, 0) is 14.3 Å². The van der Waals surface area contributed by atoms with Gasteiger partial charge in [0.1, 0.15) is 0 Å². The van der Waals surface area contributed by atoms with E-state index in [9.17, 15) is 19.8 Å². The molecule has 380 valence electrons. The van der Waals surface area contributed by atoms with Gasteiger partial charge in [-0.15, -0.1) is 0 Å². The largest absolute Gasteiger partial charge is 0.466 e. The van der Waals surface area contributed by atoms with Gasteiger partial charge in [-0.05, 0) is 32.1 Å². The Morgan fingerprint density at radius 3 is 1.06 bits per heavy atom. The molecule has 64 heavy (non-hydrogen) atoms. The fourth-order valence-electron chi connectivity index (χ4n) is 9.11. The van der Waals surface area contributed by atoms with Crippen molar-refractivity contribution in [3.8, 4) is 0 Å². The van der Waals surface area contributed by atoms with Gasteiger partial charge in [-0.3, -0.25) is 9.59 Å². The maximum atomic E-state index is 12.5. The number of hydrogen-bond acceptors (Lipinski definition) is 5. The molecule has 0 aliphatic rings. The minimum absolute atomic E-state index is 0.00632. The number of amides is 1. The third kappa shape index (κ3) is 50.0. The number of aliphatic hydroxyl groups excluding tert-OH is 2. The van der Waals surface area contributed by atoms with Crippen LogP contribution in [0.15, 0.2) is 12.2 Å². The molecular formula is C58H113NO5. The predicted octanol–water partition coefficient (Wildman–Crippen LogP) is 17.7. The summed E-state index contributed by atoms with van der Waals surface area (Å²) in [6.07, 6.45) is 63.7. The Kier molecular flexibility index (Phi) is 53.0. The highest BCUT2D eigenvalue weighted by Crippen LogP contribution is 2.17. The van der Waals surface area contributed by atoms with Crippen LogP contribution < -0.4 is 5.32 Å². The van der Waals surface area contributed by atoms with Gasteiger partial charge in [0.05, 0.1) is 25.4 Å². The average molecular weight is 905 g/mol. The molecule has 2 unspecified atom stereocenters. The number of carbonyl (C=O) groups excluding carboxylic acids is 2. The van der Waals surface area contributed by atoms with Crippen LogP contribution in [0.3, 0.4) is 0 Å². The molecule has 0 saturated carbocycles. The van der Waals surface area contributed by atoms with Crippen molar-refractivity contribution in [1.29, 1.82) is 0 Å². The molecule has 0 rings (SSSR count). The third-order valence-corrected chi connectivity index (χ3v) is 13.6. The first-order valence-electron chi connectivity index (χ1n) is 29.0. The lowest BCUT2D eigenvalue weighted by molar-refractivity contribution is -0.143. The van der Waals surface area contributed by atoms with E-state index in [2.05, 4.69) is 19.2 Å². The van der Waals surface area contributed by atoms with Crippen LogP contribution in [0.5, 0.6) is 0 Å². The first-order chi connectivity index (χ1) is 31.5. The van der Waals surface area contributed by atoms with Gasteiger partial charge in [-0.2, -0.15) is 0 Å². The maximum Gasteiger partial charge on any atom is 0.305 e. The van der Waals surface area contributed by atoms with Gasteiger partial charge in [-0.1, -0.05) is 289 Å². The smallest absolute Gasteiger partial charge is 0.305 e. The van der Waals surface area contributed by atoms with Crippen molar-refractivity contribution in [2.24, 2.45) is 0 Å². The Hall–Kier alpha value is -1.40. The van der Waals surface area contributed by atoms with Crippen LogP contribution in [0, 0.1) is 0 Å². The summed E-state index contributed by atoms with van der Waals surface area (Å²) in [4.78, 5) is 24.5. The molecule has 0 bridgehead atoms. The molecule has 0 aromatic rings. The second-order valence-electron chi connectivity index (χ2n) is 20.0. The SMILES string of the molecule is CCCCCCCCCCCCCCCCCCCCCCC/C=C/C(O)C(CO)NC(=O)CCCCCCCCCCCCCCCOC(=O)CCCCCCCCCCCCC. The molecule has 2 atom stereocenters. The van der Waals surface area contributed by atoms with Crippen LogP contribution in [0.1, 0.15) is 322 Å².